The molecule has 0 atom stereocenters. The Balaban J connectivity index is 2.63. The smallest absolute Gasteiger partial charge is 0.153 e. The topological polar surface area (TPSA) is 39.2 Å². The summed E-state index contributed by atoms with van der Waals surface area (Å²) in [6.07, 6.45) is 2.57. The minimum atomic E-state index is 0.00358. The van der Waals surface area contributed by atoms with Crippen LogP contribution in [-0.4, -0.2) is 17.4 Å². The van der Waals surface area contributed by atoms with Gasteiger partial charge >= 0.3 is 0 Å². The Kier molecular flexibility index (Phi) is 3.95. The van der Waals surface area contributed by atoms with E-state index in [2.05, 4.69) is 4.98 Å². The van der Waals surface area contributed by atoms with Crippen LogP contribution >= 0.6 is 0 Å². The summed E-state index contributed by atoms with van der Waals surface area (Å²) in [4.78, 5) is 15.6. The summed E-state index contributed by atoms with van der Waals surface area (Å²) in [5, 5.41) is 0. The molecule has 0 amide bonds. The highest BCUT2D eigenvalue weighted by molar-refractivity contribution is 5.86. The summed E-state index contributed by atoms with van der Waals surface area (Å²) in [5.74, 6) is 0.606. The zero-order valence-electron chi connectivity index (χ0n) is 11.4. The molecule has 2 rings (SSSR count). The monoisotopic (exact) mass is 255 g/mol. The second-order valence-corrected chi connectivity index (χ2v) is 4.73. The van der Waals surface area contributed by atoms with E-state index >= 15 is 0 Å². The van der Waals surface area contributed by atoms with Crippen molar-refractivity contribution < 1.29 is 9.53 Å². The van der Waals surface area contributed by atoms with Crippen LogP contribution in [0.15, 0.2) is 36.5 Å². The van der Waals surface area contributed by atoms with E-state index in [1.165, 1.54) is 0 Å². The van der Waals surface area contributed by atoms with Gasteiger partial charge in [0.1, 0.15) is 5.75 Å². The van der Waals surface area contributed by atoms with Crippen molar-refractivity contribution in [1.29, 1.82) is 0 Å². The van der Waals surface area contributed by atoms with Gasteiger partial charge in [-0.15, -0.1) is 0 Å². The normalized spacial score (nSPS) is 10.5. The molecule has 0 unspecified atom stereocenters. The molecule has 0 N–H and O–H groups in total. The molecule has 0 aliphatic carbocycles. The molecular formula is C16H17NO2. The lowest BCUT2D eigenvalue weighted by molar-refractivity contribution is 0.111. The van der Waals surface area contributed by atoms with Crippen LogP contribution in [0, 0.1) is 6.92 Å². The van der Waals surface area contributed by atoms with Crippen molar-refractivity contribution in [3.05, 3.63) is 47.7 Å². The molecule has 3 nitrogen and oxygen atoms in total. The number of nitrogens with zero attached hydrogens (tertiary/aromatic N) is 1. The number of aryl methyl sites for hydroxylation is 1. The Morgan fingerprint density at radius 3 is 2.63 bits per heavy atom. The summed E-state index contributed by atoms with van der Waals surface area (Å²) in [6, 6.07) is 9.52. The SMILES string of the molecule is Cc1cc(C=O)c(OC(C)C)c(-c2ccccn2)c1. The van der Waals surface area contributed by atoms with E-state index in [4.69, 9.17) is 4.74 Å². The number of aromatic nitrogens is 1. The van der Waals surface area contributed by atoms with Crippen LogP contribution in [0.2, 0.25) is 0 Å². The second-order valence-electron chi connectivity index (χ2n) is 4.73. The van der Waals surface area contributed by atoms with Gasteiger partial charge in [-0.25, -0.2) is 0 Å². The quantitative estimate of drug-likeness (QED) is 0.783. The fourth-order valence-electron chi connectivity index (χ4n) is 1.97. The highest BCUT2D eigenvalue weighted by atomic mass is 16.5. The highest BCUT2D eigenvalue weighted by Gasteiger charge is 2.14. The van der Waals surface area contributed by atoms with Gasteiger partial charge in [0.05, 0.1) is 17.4 Å². The summed E-state index contributed by atoms with van der Waals surface area (Å²) in [7, 11) is 0. The van der Waals surface area contributed by atoms with Crippen LogP contribution in [0.3, 0.4) is 0 Å². The molecule has 0 saturated carbocycles. The first-order valence-electron chi connectivity index (χ1n) is 6.29. The number of pyridine rings is 1. The fraction of sp³-hybridized carbons (Fsp3) is 0.250. The van der Waals surface area contributed by atoms with Gasteiger partial charge in [-0.2, -0.15) is 0 Å². The molecule has 1 aromatic carbocycles. The zero-order valence-corrected chi connectivity index (χ0v) is 11.4. The van der Waals surface area contributed by atoms with E-state index in [0.717, 1.165) is 23.1 Å². The van der Waals surface area contributed by atoms with Gasteiger partial charge in [0.25, 0.3) is 0 Å². The van der Waals surface area contributed by atoms with Gasteiger partial charge < -0.3 is 4.74 Å². The van der Waals surface area contributed by atoms with Crippen LogP contribution in [0.4, 0.5) is 0 Å². The number of carbonyl (C=O) groups excluding carboxylic acids is 1. The minimum absolute atomic E-state index is 0.00358. The summed E-state index contributed by atoms with van der Waals surface area (Å²) in [6.45, 7) is 5.84. The summed E-state index contributed by atoms with van der Waals surface area (Å²) in [5.41, 5.74) is 3.24. The third-order valence-corrected chi connectivity index (χ3v) is 2.68. The first-order chi connectivity index (χ1) is 9.11. The van der Waals surface area contributed by atoms with E-state index in [1.54, 1.807) is 6.20 Å². The highest BCUT2D eigenvalue weighted by Crippen LogP contribution is 2.33. The van der Waals surface area contributed by atoms with Crippen molar-refractivity contribution in [2.45, 2.75) is 26.9 Å². The zero-order chi connectivity index (χ0) is 13.8. The van der Waals surface area contributed by atoms with Crippen molar-refractivity contribution in [3.63, 3.8) is 0 Å². The average Bonchev–Trinajstić information content (AvgIpc) is 2.40. The number of hydrogen-bond acceptors (Lipinski definition) is 3. The van der Waals surface area contributed by atoms with Crippen molar-refractivity contribution in [1.82, 2.24) is 4.98 Å². The van der Waals surface area contributed by atoms with Crippen molar-refractivity contribution in [3.8, 4) is 17.0 Å². The maximum absolute atomic E-state index is 11.2. The summed E-state index contributed by atoms with van der Waals surface area (Å²) < 4.78 is 5.81. The van der Waals surface area contributed by atoms with Crippen molar-refractivity contribution >= 4 is 6.29 Å². The Bertz CT molecular complexity index is 577. The molecular weight excluding hydrogens is 238 g/mol. The van der Waals surface area contributed by atoms with Crippen LogP contribution in [-0.2, 0) is 0 Å². The molecule has 0 bridgehead atoms. The lowest BCUT2D eigenvalue weighted by atomic mass is 10.0. The Labute approximate surface area is 113 Å². The van der Waals surface area contributed by atoms with Crippen LogP contribution in [0.25, 0.3) is 11.3 Å². The van der Waals surface area contributed by atoms with Crippen LogP contribution < -0.4 is 4.74 Å². The summed E-state index contributed by atoms with van der Waals surface area (Å²) >= 11 is 0. The van der Waals surface area contributed by atoms with Crippen molar-refractivity contribution in [2.75, 3.05) is 0 Å². The lowest BCUT2D eigenvalue weighted by Gasteiger charge is -2.16. The molecule has 0 aliphatic heterocycles. The molecule has 98 valence electrons. The van der Waals surface area contributed by atoms with E-state index in [1.807, 2.05) is 51.1 Å². The molecule has 1 heterocycles. The lowest BCUT2D eigenvalue weighted by Crippen LogP contribution is -2.09. The number of ether oxygens (including phenoxy) is 1. The molecule has 3 heteroatoms. The fourth-order valence-corrected chi connectivity index (χ4v) is 1.97. The molecule has 1 aromatic heterocycles. The maximum atomic E-state index is 11.2. The Morgan fingerprint density at radius 2 is 2.05 bits per heavy atom. The molecule has 19 heavy (non-hydrogen) atoms. The molecule has 0 fully saturated rings. The minimum Gasteiger partial charge on any atom is -0.490 e. The van der Waals surface area contributed by atoms with Gasteiger partial charge in [0.2, 0.25) is 0 Å². The van der Waals surface area contributed by atoms with Gasteiger partial charge in [-0.3, -0.25) is 9.78 Å². The molecule has 0 saturated heterocycles. The third kappa shape index (κ3) is 2.99. The van der Waals surface area contributed by atoms with Gasteiger partial charge in [-0.05, 0) is 50.6 Å². The molecule has 0 aliphatic rings. The predicted molar refractivity (Wildman–Crippen MR) is 75.6 cm³/mol. The first-order valence-corrected chi connectivity index (χ1v) is 6.29. The standard InChI is InChI=1S/C16H17NO2/c1-11(2)19-16-13(10-18)8-12(3)9-14(16)15-6-4-5-7-17-15/h4-11H,1-3H3. The van der Waals surface area contributed by atoms with Crippen LogP contribution in [0.5, 0.6) is 5.75 Å². The van der Waals surface area contributed by atoms with Crippen LogP contribution in [0.1, 0.15) is 29.8 Å². The second kappa shape index (κ2) is 5.65. The predicted octanol–water partition coefficient (Wildman–Crippen LogP) is 3.66. The van der Waals surface area contributed by atoms with E-state index in [0.29, 0.717) is 11.3 Å². The average molecular weight is 255 g/mol. The van der Waals surface area contributed by atoms with E-state index < -0.39 is 0 Å². The molecule has 0 spiro atoms. The Hall–Kier alpha value is -2.16. The van der Waals surface area contributed by atoms with E-state index in [-0.39, 0.29) is 6.10 Å². The van der Waals surface area contributed by atoms with Gasteiger partial charge in [0.15, 0.2) is 6.29 Å². The maximum Gasteiger partial charge on any atom is 0.153 e. The number of hydrogen-bond donors (Lipinski definition) is 0. The van der Waals surface area contributed by atoms with Gasteiger partial charge in [-0.1, -0.05) is 6.07 Å². The Morgan fingerprint density at radius 1 is 1.26 bits per heavy atom. The first kappa shape index (κ1) is 13.3. The van der Waals surface area contributed by atoms with Crippen molar-refractivity contribution in [2.24, 2.45) is 0 Å². The third-order valence-electron chi connectivity index (χ3n) is 2.68. The van der Waals surface area contributed by atoms with E-state index in [9.17, 15) is 4.79 Å². The number of benzene rings is 1. The number of aldehydes is 1. The number of rotatable bonds is 4. The van der Waals surface area contributed by atoms with Gasteiger partial charge in [0, 0.05) is 11.8 Å². The largest absolute Gasteiger partial charge is 0.490 e. The number of carbonyl (C=O) groups is 1. The molecule has 2 aromatic rings. The molecule has 0 radical (unpaired) electrons.